The molecule has 4 heteroatoms. The van der Waals surface area contributed by atoms with Gasteiger partial charge < -0.3 is 15.8 Å². The quantitative estimate of drug-likeness (QED) is 0.766. The Kier molecular flexibility index (Phi) is 5.94. The van der Waals surface area contributed by atoms with E-state index < -0.39 is 0 Å². The molecular weight excluding hydrogens is 264 g/mol. The zero-order valence-electron chi connectivity index (χ0n) is 11.9. The van der Waals surface area contributed by atoms with Crippen molar-refractivity contribution in [3.05, 3.63) is 65.7 Å². The number of hydrogen-bond donors (Lipinski definition) is 2. The molecule has 0 aromatic heterocycles. The normalized spacial score (nSPS) is 10.3. The lowest BCUT2D eigenvalue weighted by atomic mass is 10.0. The number of ether oxygens (including phenoxy) is 1. The molecule has 0 saturated carbocycles. The first-order valence-electron chi connectivity index (χ1n) is 6.99. The highest BCUT2D eigenvalue weighted by molar-refractivity contribution is 5.92. The molecule has 3 N–H and O–H groups in total. The third-order valence-electron chi connectivity index (χ3n) is 3.02. The van der Waals surface area contributed by atoms with E-state index in [9.17, 15) is 4.79 Å². The first-order chi connectivity index (χ1) is 10.3. The number of benzene rings is 2. The summed E-state index contributed by atoms with van der Waals surface area (Å²) in [7, 11) is 0. The maximum absolute atomic E-state index is 11.8. The lowest BCUT2D eigenvalue weighted by molar-refractivity contribution is -0.120. The predicted molar refractivity (Wildman–Crippen MR) is 84.2 cm³/mol. The third-order valence-corrected chi connectivity index (χ3v) is 3.02. The summed E-state index contributed by atoms with van der Waals surface area (Å²) < 4.78 is 5.14. The summed E-state index contributed by atoms with van der Waals surface area (Å²) in [6, 6.07) is 18.0. The van der Waals surface area contributed by atoms with Crippen molar-refractivity contribution in [2.24, 2.45) is 5.73 Å². The summed E-state index contributed by atoms with van der Waals surface area (Å²) in [5.74, 6) is -0.163. The number of anilines is 1. The zero-order chi connectivity index (χ0) is 14.9. The van der Waals surface area contributed by atoms with Gasteiger partial charge in [0.1, 0.15) is 6.61 Å². The Morgan fingerprint density at radius 1 is 1.05 bits per heavy atom. The standard InChI is InChI=1S/C17H20N2O2/c18-10-11-21-13-17(20)19-16-9-5-4-8-15(16)12-14-6-2-1-3-7-14/h1-9H,10-13,18H2,(H,19,20). The molecule has 0 fully saturated rings. The molecule has 0 aliphatic rings. The minimum absolute atomic E-state index is 0.0247. The van der Waals surface area contributed by atoms with Crippen LogP contribution in [0.5, 0.6) is 0 Å². The van der Waals surface area contributed by atoms with Gasteiger partial charge in [-0.15, -0.1) is 0 Å². The molecular formula is C17H20N2O2. The molecule has 0 unspecified atom stereocenters. The van der Waals surface area contributed by atoms with Crippen molar-refractivity contribution in [1.29, 1.82) is 0 Å². The summed E-state index contributed by atoms with van der Waals surface area (Å²) in [5, 5.41) is 2.88. The van der Waals surface area contributed by atoms with E-state index >= 15 is 0 Å². The van der Waals surface area contributed by atoms with E-state index in [-0.39, 0.29) is 12.5 Å². The van der Waals surface area contributed by atoms with Gasteiger partial charge in [-0.1, -0.05) is 48.5 Å². The van der Waals surface area contributed by atoms with Crippen LogP contribution in [-0.2, 0) is 16.0 Å². The maximum Gasteiger partial charge on any atom is 0.250 e. The molecule has 0 aliphatic heterocycles. The highest BCUT2D eigenvalue weighted by atomic mass is 16.5. The van der Waals surface area contributed by atoms with Crippen molar-refractivity contribution in [1.82, 2.24) is 0 Å². The van der Waals surface area contributed by atoms with Gasteiger partial charge in [0.05, 0.1) is 6.61 Å². The summed E-state index contributed by atoms with van der Waals surface area (Å²) >= 11 is 0. The molecule has 110 valence electrons. The van der Waals surface area contributed by atoms with Gasteiger partial charge in [0.2, 0.25) is 5.91 Å². The molecule has 0 radical (unpaired) electrons. The molecule has 2 aromatic carbocycles. The lowest BCUT2D eigenvalue weighted by Crippen LogP contribution is -2.21. The molecule has 0 aliphatic carbocycles. The zero-order valence-corrected chi connectivity index (χ0v) is 11.9. The monoisotopic (exact) mass is 284 g/mol. The van der Waals surface area contributed by atoms with Crippen LogP contribution in [0.3, 0.4) is 0 Å². The van der Waals surface area contributed by atoms with Crippen LogP contribution in [-0.4, -0.2) is 25.7 Å². The van der Waals surface area contributed by atoms with E-state index in [4.69, 9.17) is 10.5 Å². The molecule has 0 bridgehead atoms. The Bertz CT molecular complexity index is 570. The van der Waals surface area contributed by atoms with Crippen LogP contribution in [0.4, 0.5) is 5.69 Å². The second-order valence-corrected chi connectivity index (χ2v) is 4.71. The fourth-order valence-electron chi connectivity index (χ4n) is 2.05. The maximum atomic E-state index is 11.8. The largest absolute Gasteiger partial charge is 0.370 e. The van der Waals surface area contributed by atoms with Crippen molar-refractivity contribution in [2.45, 2.75) is 6.42 Å². The smallest absolute Gasteiger partial charge is 0.250 e. The number of para-hydroxylation sites is 1. The summed E-state index contributed by atoms with van der Waals surface area (Å²) in [4.78, 5) is 11.8. The summed E-state index contributed by atoms with van der Waals surface area (Å²) in [6.45, 7) is 0.827. The van der Waals surface area contributed by atoms with Crippen LogP contribution >= 0.6 is 0 Å². The first-order valence-corrected chi connectivity index (χ1v) is 6.99. The van der Waals surface area contributed by atoms with Gasteiger partial charge in [0.15, 0.2) is 0 Å². The van der Waals surface area contributed by atoms with Crippen LogP contribution in [0.15, 0.2) is 54.6 Å². The summed E-state index contributed by atoms with van der Waals surface area (Å²) in [6.07, 6.45) is 0.779. The molecule has 0 atom stereocenters. The Labute approximate surface area is 124 Å². The average molecular weight is 284 g/mol. The van der Waals surface area contributed by atoms with E-state index in [1.807, 2.05) is 42.5 Å². The molecule has 0 heterocycles. The van der Waals surface area contributed by atoms with Gasteiger partial charge >= 0.3 is 0 Å². The third kappa shape index (κ3) is 5.02. The molecule has 2 rings (SSSR count). The van der Waals surface area contributed by atoms with E-state index in [1.165, 1.54) is 5.56 Å². The van der Waals surface area contributed by atoms with Crippen molar-refractivity contribution >= 4 is 11.6 Å². The number of carbonyl (C=O) groups is 1. The van der Waals surface area contributed by atoms with Crippen molar-refractivity contribution in [2.75, 3.05) is 25.1 Å². The van der Waals surface area contributed by atoms with Crippen LogP contribution in [0.2, 0.25) is 0 Å². The lowest BCUT2D eigenvalue weighted by Gasteiger charge is -2.11. The Balaban J connectivity index is 2.01. The second kappa shape index (κ2) is 8.19. The number of amides is 1. The Hall–Kier alpha value is -2.17. The number of carbonyl (C=O) groups excluding carboxylic acids is 1. The van der Waals surface area contributed by atoms with Crippen LogP contribution in [0.25, 0.3) is 0 Å². The SMILES string of the molecule is NCCOCC(=O)Nc1ccccc1Cc1ccccc1. The Morgan fingerprint density at radius 2 is 1.76 bits per heavy atom. The van der Waals surface area contributed by atoms with Gasteiger partial charge in [-0.05, 0) is 23.6 Å². The molecule has 0 spiro atoms. The van der Waals surface area contributed by atoms with Crippen LogP contribution < -0.4 is 11.1 Å². The molecule has 4 nitrogen and oxygen atoms in total. The van der Waals surface area contributed by atoms with Crippen molar-refractivity contribution in [3.63, 3.8) is 0 Å². The topological polar surface area (TPSA) is 64.3 Å². The van der Waals surface area contributed by atoms with Gasteiger partial charge in [-0.2, -0.15) is 0 Å². The van der Waals surface area contributed by atoms with Crippen molar-refractivity contribution in [3.8, 4) is 0 Å². The van der Waals surface area contributed by atoms with Crippen LogP contribution in [0.1, 0.15) is 11.1 Å². The number of hydrogen-bond acceptors (Lipinski definition) is 3. The van der Waals surface area contributed by atoms with Gasteiger partial charge in [-0.25, -0.2) is 0 Å². The van der Waals surface area contributed by atoms with Crippen LogP contribution in [0, 0.1) is 0 Å². The first kappa shape index (κ1) is 15.2. The van der Waals surface area contributed by atoms with E-state index in [2.05, 4.69) is 17.4 Å². The van der Waals surface area contributed by atoms with Crippen molar-refractivity contribution < 1.29 is 9.53 Å². The fourth-order valence-corrected chi connectivity index (χ4v) is 2.05. The Morgan fingerprint density at radius 3 is 2.52 bits per heavy atom. The van der Waals surface area contributed by atoms with Gasteiger partial charge in [0, 0.05) is 12.2 Å². The summed E-state index contributed by atoms with van der Waals surface area (Å²) in [5.41, 5.74) is 8.43. The average Bonchev–Trinajstić information content (AvgIpc) is 2.51. The highest BCUT2D eigenvalue weighted by Crippen LogP contribution is 2.19. The van der Waals surface area contributed by atoms with E-state index in [0.717, 1.165) is 17.7 Å². The number of nitrogens with two attached hydrogens (primary N) is 1. The molecule has 21 heavy (non-hydrogen) atoms. The fraction of sp³-hybridized carbons (Fsp3) is 0.235. The van der Waals surface area contributed by atoms with E-state index in [1.54, 1.807) is 0 Å². The van der Waals surface area contributed by atoms with Gasteiger partial charge in [-0.3, -0.25) is 4.79 Å². The molecule has 0 saturated heterocycles. The molecule has 1 amide bonds. The van der Waals surface area contributed by atoms with E-state index in [0.29, 0.717) is 13.2 Å². The second-order valence-electron chi connectivity index (χ2n) is 4.71. The van der Waals surface area contributed by atoms with Gasteiger partial charge in [0.25, 0.3) is 0 Å². The number of rotatable bonds is 7. The minimum atomic E-state index is -0.163. The minimum Gasteiger partial charge on any atom is -0.370 e. The predicted octanol–water partition coefficient (Wildman–Crippen LogP) is 2.19. The number of nitrogens with one attached hydrogen (secondary N) is 1. The molecule has 2 aromatic rings. The highest BCUT2D eigenvalue weighted by Gasteiger charge is 2.07.